The molecule has 3 N–H and O–H groups in total. The second kappa shape index (κ2) is 12.3. The summed E-state index contributed by atoms with van der Waals surface area (Å²) < 4.78 is 4.67. The molecular formula is C29H30Cl2N8O5. The summed E-state index contributed by atoms with van der Waals surface area (Å²) in [5.74, 6) is -0.263. The number of nitrogens with one attached hydrogen (secondary N) is 2. The van der Waals surface area contributed by atoms with Gasteiger partial charge in [0, 0.05) is 38.4 Å². The quantitative estimate of drug-likeness (QED) is 0.339. The van der Waals surface area contributed by atoms with Crippen LogP contribution in [-0.2, 0) is 4.74 Å². The highest BCUT2D eigenvalue weighted by atomic mass is 35.5. The molecule has 0 aromatic carbocycles. The number of urea groups is 1. The number of nitrogens with zero attached hydrogens (tertiary/aromatic N) is 6. The van der Waals surface area contributed by atoms with Crippen molar-refractivity contribution >= 4 is 70.0 Å². The summed E-state index contributed by atoms with van der Waals surface area (Å²) in [7, 11) is 1.32. The molecule has 2 amide bonds. The number of piperidine rings is 2. The summed E-state index contributed by atoms with van der Waals surface area (Å²) in [6, 6.07) is 8.53. The van der Waals surface area contributed by atoms with Crippen LogP contribution in [0.1, 0.15) is 46.7 Å². The van der Waals surface area contributed by atoms with Gasteiger partial charge in [-0.1, -0.05) is 29.3 Å². The van der Waals surface area contributed by atoms with Gasteiger partial charge in [-0.05, 0) is 49.9 Å². The highest BCUT2D eigenvalue weighted by Crippen LogP contribution is 2.40. The van der Waals surface area contributed by atoms with E-state index in [1.807, 2.05) is 0 Å². The molecule has 2 atom stereocenters. The Morgan fingerprint density at radius 2 is 1.73 bits per heavy atom. The topological polar surface area (TPSA) is 153 Å². The van der Waals surface area contributed by atoms with Gasteiger partial charge in [0.15, 0.2) is 23.0 Å². The molecule has 2 fully saturated rings. The molecule has 4 aliphatic heterocycles. The number of hydrogen-bond acceptors (Lipinski definition) is 10. The van der Waals surface area contributed by atoms with E-state index in [9.17, 15) is 19.5 Å². The Balaban J connectivity index is 0.000000167. The first-order valence-corrected chi connectivity index (χ1v) is 15.0. The molecule has 230 valence electrons. The average molecular weight is 642 g/mol. The first-order valence-electron chi connectivity index (χ1n) is 14.2. The predicted octanol–water partition coefficient (Wildman–Crippen LogP) is 4.77. The molecule has 3 aromatic rings. The van der Waals surface area contributed by atoms with Crippen LogP contribution in [0.2, 0.25) is 10.0 Å². The van der Waals surface area contributed by atoms with Gasteiger partial charge < -0.3 is 25.0 Å². The number of halogens is 2. The Kier molecular flexibility index (Phi) is 8.32. The molecule has 7 rings (SSSR count). The lowest BCUT2D eigenvalue weighted by Gasteiger charge is -2.45. The van der Waals surface area contributed by atoms with E-state index >= 15 is 0 Å². The number of hydrogen-bond donors (Lipinski definition) is 3. The number of fused-ring (bicyclic) bond motifs is 8. The maximum absolute atomic E-state index is 12.9. The molecule has 0 spiro atoms. The second-order valence-corrected chi connectivity index (χ2v) is 11.6. The van der Waals surface area contributed by atoms with Gasteiger partial charge in [0.2, 0.25) is 0 Å². The van der Waals surface area contributed by atoms with Crippen LogP contribution in [-0.4, -0.2) is 83.4 Å². The number of carboxylic acid groups (broad SMARTS) is 1. The van der Waals surface area contributed by atoms with Crippen molar-refractivity contribution < 1.29 is 24.2 Å². The van der Waals surface area contributed by atoms with Crippen LogP contribution in [0, 0.1) is 0 Å². The van der Waals surface area contributed by atoms with Crippen molar-refractivity contribution in [2.45, 2.75) is 37.8 Å². The first-order chi connectivity index (χ1) is 21.2. The van der Waals surface area contributed by atoms with Crippen molar-refractivity contribution in [2.24, 2.45) is 0 Å². The molecule has 0 radical (unpaired) electrons. The van der Waals surface area contributed by atoms with E-state index in [0.717, 1.165) is 56.8 Å². The lowest BCUT2D eigenvalue weighted by atomic mass is 10.00. The van der Waals surface area contributed by atoms with Crippen LogP contribution >= 0.6 is 23.2 Å². The third kappa shape index (κ3) is 5.76. The Morgan fingerprint density at radius 3 is 2.45 bits per heavy atom. The van der Waals surface area contributed by atoms with E-state index in [-0.39, 0.29) is 28.5 Å². The maximum atomic E-state index is 12.9. The van der Waals surface area contributed by atoms with Crippen molar-refractivity contribution in [3.63, 3.8) is 0 Å². The molecule has 7 heterocycles. The van der Waals surface area contributed by atoms with Gasteiger partial charge in [0.1, 0.15) is 5.82 Å². The molecular weight excluding hydrogens is 611 g/mol. The van der Waals surface area contributed by atoms with Crippen LogP contribution in [0.4, 0.5) is 33.6 Å². The number of pyridine rings is 3. The van der Waals surface area contributed by atoms with E-state index in [2.05, 4.69) is 40.1 Å². The first kappa shape index (κ1) is 29.7. The van der Waals surface area contributed by atoms with Gasteiger partial charge in [-0.25, -0.2) is 29.3 Å². The van der Waals surface area contributed by atoms with E-state index in [0.29, 0.717) is 34.9 Å². The number of carbonyl (C=O) groups is 3. The van der Waals surface area contributed by atoms with E-state index in [1.165, 1.54) is 12.0 Å². The van der Waals surface area contributed by atoms with Crippen LogP contribution < -0.4 is 25.3 Å². The van der Waals surface area contributed by atoms with Gasteiger partial charge in [-0.2, -0.15) is 0 Å². The summed E-state index contributed by atoms with van der Waals surface area (Å²) in [5, 5.41) is 15.9. The number of carbonyl (C=O) groups excluding carboxylic acids is 2. The number of ether oxygens (including phenoxy) is 1. The van der Waals surface area contributed by atoms with Crippen molar-refractivity contribution in [3.05, 3.63) is 58.0 Å². The lowest BCUT2D eigenvalue weighted by Crippen LogP contribution is -2.56. The summed E-state index contributed by atoms with van der Waals surface area (Å²) in [5.41, 5.74) is 1.56. The zero-order chi connectivity index (χ0) is 31.0. The van der Waals surface area contributed by atoms with Crippen LogP contribution in [0.3, 0.4) is 0 Å². The van der Waals surface area contributed by atoms with Crippen LogP contribution in [0.5, 0.6) is 0 Å². The summed E-state index contributed by atoms with van der Waals surface area (Å²) in [6.45, 7) is 3.47. The molecule has 15 heteroatoms. The minimum atomic E-state index is -1.23. The Labute approximate surface area is 263 Å². The normalized spacial score (nSPS) is 19.4. The smallest absolute Gasteiger partial charge is 0.358 e. The van der Waals surface area contributed by atoms with Gasteiger partial charge in [-0.15, -0.1) is 0 Å². The number of aromatic carboxylic acids is 1. The zero-order valence-electron chi connectivity index (χ0n) is 23.8. The van der Waals surface area contributed by atoms with Crippen molar-refractivity contribution in [3.8, 4) is 0 Å². The predicted molar refractivity (Wildman–Crippen MR) is 167 cm³/mol. The third-order valence-electron chi connectivity index (χ3n) is 8.03. The molecule has 2 saturated heterocycles. The van der Waals surface area contributed by atoms with Crippen LogP contribution in [0.25, 0.3) is 0 Å². The third-order valence-corrected chi connectivity index (χ3v) is 8.60. The van der Waals surface area contributed by atoms with E-state index in [1.54, 1.807) is 36.5 Å². The molecule has 0 unspecified atom stereocenters. The molecule has 4 bridgehead atoms. The fraction of sp³-hybridized carbons (Fsp3) is 0.379. The molecule has 4 aliphatic rings. The van der Waals surface area contributed by atoms with Crippen molar-refractivity contribution in [1.29, 1.82) is 0 Å². The summed E-state index contributed by atoms with van der Waals surface area (Å²) >= 11 is 12.2. The fourth-order valence-corrected chi connectivity index (χ4v) is 6.48. The lowest BCUT2D eigenvalue weighted by molar-refractivity contribution is 0.0593. The van der Waals surface area contributed by atoms with Crippen molar-refractivity contribution in [2.75, 3.05) is 58.6 Å². The standard InChI is InChI=1S/C17H16ClN5O3.C12H14ClN3O2/c18-11-8-12-15(21-14(11)16(24)25)23(10-4-3-7-22(12)9-10)17(26)20-13-5-1-2-6-19-13;1-18-12(17)10-8(13)5-9-11(15-10)14-7-3-2-4-16(9)6-7/h1-2,5-6,8,10H,3-4,7,9H2,(H,24,25)(H,19,20,26);5,7H,2-4,6H2,1H3,(H,14,15)/t10-;7-/m00/s1. The molecule has 3 aromatic heterocycles. The number of aromatic nitrogens is 3. The Bertz CT molecular complexity index is 1610. The van der Waals surface area contributed by atoms with Gasteiger partial charge in [0.25, 0.3) is 0 Å². The largest absolute Gasteiger partial charge is 0.476 e. The second-order valence-electron chi connectivity index (χ2n) is 10.8. The summed E-state index contributed by atoms with van der Waals surface area (Å²) in [6.07, 6.45) is 5.62. The van der Waals surface area contributed by atoms with Gasteiger partial charge in [0.05, 0.1) is 34.6 Å². The molecule has 0 aliphatic carbocycles. The number of esters is 1. The number of methoxy groups -OCH3 is 1. The van der Waals surface area contributed by atoms with E-state index in [4.69, 9.17) is 23.2 Å². The van der Waals surface area contributed by atoms with Gasteiger partial charge in [-0.3, -0.25) is 10.2 Å². The Hall–Kier alpha value is -4.36. The highest BCUT2D eigenvalue weighted by Gasteiger charge is 2.39. The number of rotatable bonds is 3. The maximum Gasteiger partial charge on any atom is 0.358 e. The minimum Gasteiger partial charge on any atom is -0.476 e. The number of amides is 2. The Morgan fingerprint density at radius 1 is 1.00 bits per heavy atom. The molecule has 13 nitrogen and oxygen atoms in total. The molecule has 0 saturated carbocycles. The number of carboxylic acids is 1. The van der Waals surface area contributed by atoms with Crippen LogP contribution in [0.15, 0.2) is 36.5 Å². The van der Waals surface area contributed by atoms with Gasteiger partial charge >= 0.3 is 18.0 Å². The highest BCUT2D eigenvalue weighted by molar-refractivity contribution is 6.34. The van der Waals surface area contributed by atoms with Crippen molar-refractivity contribution in [1.82, 2.24) is 15.0 Å². The monoisotopic (exact) mass is 640 g/mol. The molecule has 44 heavy (non-hydrogen) atoms. The SMILES string of the molecule is COC(=O)c1nc2c(cc1Cl)N1CCC[C@@H](C1)N2.O=C(O)c1nc2c(cc1Cl)N1CCC[C@@H](C1)N2C(=O)Nc1ccccn1. The zero-order valence-corrected chi connectivity index (χ0v) is 25.3. The van der Waals surface area contributed by atoms with E-state index < -0.39 is 11.9 Å². The minimum absolute atomic E-state index is 0.0605. The summed E-state index contributed by atoms with van der Waals surface area (Å²) in [4.78, 5) is 54.4. The average Bonchev–Trinajstić information content (AvgIpc) is 3.02. The fourth-order valence-electron chi connectivity index (χ4n) is 6.03. The number of anilines is 5.